The van der Waals surface area contributed by atoms with Gasteiger partial charge in [0, 0.05) is 24.2 Å². The van der Waals surface area contributed by atoms with Gasteiger partial charge in [0.2, 0.25) is 5.91 Å². The van der Waals surface area contributed by atoms with Crippen LogP contribution >= 0.6 is 11.8 Å². The van der Waals surface area contributed by atoms with E-state index >= 15 is 0 Å². The second-order valence-corrected chi connectivity index (χ2v) is 8.00. The molecule has 2 heterocycles. The van der Waals surface area contributed by atoms with Gasteiger partial charge in [-0.1, -0.05) is 25.6 Å². The van der Waals surface area contributed by atoms with Crippen molar-refractivity contribution in [1.82, 2.24) is 14.8 Å². The number of benzene rings is 1. The fourth-order valence-corrected chi connectivity index (χ4v) is 3.38. The molecule has 2 aromatic heterocycles. The lowest BCUT2D eigenvalue weighted by Gasteiger charge is -2.11. The van der Waals surface area contributed by atoms with Crippen molar-refractivity contribution in [2.45, 2.75) is 31.2 Å². The number of aromatic nitrogens is 3. The van der Waals surface area contributed by atoms with Gasteiger partial charge in [0.05, 0.1) is 11.5 Å². The lowest BCUT2D eigenvalue weighted by Crippen LogP contribution is -2.18. The Morgan fingerprint density at radius 1 is 1.11 bits per heavy atom. The first kappa shape index (κ1) is 19.9. The van der Waals surface area contributed by atoms with Gasteiger partial charge < -0.3 is 14.3 Å². The van der Waals surface area contributed by atoms with Crippen LogP contribution in [0, 0.1) is 5.92 Å². The molecule has 3 aromatic rings. The molecule has 7 nitrogen and oxygen atoms in total. The minimum Gasteiger partial charge on any atom is -0.461 e. The van der Waals surface area contributed by atoms with Crippen molar-refractivity contribution < 1.29 is 14.0 Å². The molecule has 146 valence electrons. The molecular weight excluding hydrogens is 376 g/mol. The first-order valence-corrected chi connectivity index (χ1v) is 9.80. The SMILES string of the molecule is CC(C)C(=O)Nc1ccc(C(=O)C(C)Sc2nnc(-c3ccco3)n2C)cc1. The number of ketones is 1. The van der Waals surface area contributed by atoms with Crippen LogP contribution in [0.3, 0.4) is 0 Å². The quantitative estimate of drug-likeness (QED) is 0.477. The van der Waals surface area contributed by atoms with E-state index in [2.05, 4.69) is 15.5 Å². The molecule has 1 N–H and O–H groups in total. The lowest BCUT2D eigenvalue weighted by molar-refractivity contribution is -0.118. The van der Waals surface area contributed by atoms with Crippen molar-refractivity contribution in [2.24, 2.45) is 13.0 Å². The van der Waals surface area contributed by atoms with Crippen LogP contribution in [-0.4, -0.2) is 31.7 Å². The number of amides is 1. The summed E-state index contributed by atoms with van der Waals surface area (Å²) in [5.41, 5.74) is 1.25. The van der Waals surface area contributed by atoms with Crippen LogP contribution in [0.15, 0.2) is 52.2 Å². The van der Waals surface area contributed by atoms with Crippen LogP contribution in [0.5, 0.6) is 0 Å². The molecule has 0 aliphatic rings. The summed E-state index contributed by atoms with van der Waals surface area (Å²) in [5, 5.41) is 11.4. The second-order valence-electron chi connectivity index (χ2n) is 6.69. The topological polar surface area (TPSA) is 90.0 Å². The fraction of sp³-hybridized carbons (Fsp3) is 0.300. The van der Waals surface area contributed by atoms with Crippen LogP contribution in [0.2, 0.25) is 0 Å². The average Bonchev–Trinajstić information content (AvgIpc) is 3.32. The van der Waals surface area contributed by atoms with Crippen LogP contribution in [0.4, 0.5) is 5.69 Å². The highest BCUT2D eigenvalue weighted by Crippen LogP contribution is 2.27. The van der Waals surface area contributed by atoms with E-state index in [1.807, 2.05) is 33.9 Å². The van der Waals surface area contributed by atoms with Crippen molar-refractivity contribution >= 4 is 29.1 Å². The monoisotopic (exact) mass is 398 g/mol. The Kier molecular flexibility index (Phi) is 5.99. The zero-order valence-electron chi connectivity index (χ0n) is 16.2. The maximum atomic E-state index is 12.8. The molecule has 0 spiro atoms. The highest BCUT2D eigenvalue weighted by molar-refractivity contribution is 8.00. The minimum atomic E-state index is -0.344. The number of nitrogens with one attached hydrogen (secondary N) is 1. The predicted octanol–water partition coefficient (Wildman–Crippen LogP) is 4.03. The largest absolute Gasteiger partial charge is 0.461 e. The van der Waals surface area contributed by atoms with Crippen molar-refractivity contribution in [3.05, 3.63) is 48.2 Å². The number of carbonyl (C=O) groups excluding carboxylic acids is 2. The molecule has 0 saturated heterocycles. The minimum absolute atomic E-state index is 0.0192. The third-order valence-corrected chi connectivity index (χ3v) is 5.32. The average molecular weight is 398 g/mol. The maximum Gasteiger partial charge on any atom is 0.226 e. The van der Waals surface area contributed by atoms with Crippen LogP contribution in [-0.2, 0) is 11.8 Å². The Morgan fingerprint density at radius 2 is 1.82 bits per heavy atom. The lowest BCUT2D eigenvalue weighted by atomic mass is 10.1. The standard InChI is InChI=1S/C20H22N4O3S/c1-12(2)19(26)21-15-9-7-14(8-10-15)17(25)13(3)28-20-23-22-18(24(20)4)16-6-5-11-27-16/h5-13H,1-4H3,(H,21,26). The molecule has 3 rings (SSSR count). The van der Waals surface area contributed by atoms with E-state index in [0.29, 0.717) is 28.0 Å². The molecular formula is C20H22N4O3S. The highest BCUT2D eigenvalue weighted by atomic mass is 32.2. The number of hydrogen-bond acceptors (Lipinski definition) is 6. The fourth-order valence-electron chi connectivity index (χ4n) is 2.49. The van der Waals surface area contributed by atoms with Crippen molar-refractivity contribution in [2.75, 3.05) is 5.32 Å². The molecule has 1 amide bonds. The summed E-state index contributed by atoms with van der Waals surface area (Å²) in [6, 6.07) is 10.5. The number of furan rings is 1. The maximum absolute atomic E-state index is 12.8. The molecule has 0 radical (unpaired) electrons. The molecule has 0 bridgehead atoms. The Balaban J connectivity index is 1.67. The Morgan fingerprint density at radius 3 is 2.43 bits per heavy atom. The van der Waals surface area contributed by atoms with Gasteiger partial charge in [0.15, 0.2) is 22.5 Å². The second kappa shape index (κ2) is 8.43. The van der Waals surface area contributed by atoms with Crippen molar-refractivity contribution in [3.63, 3.8) is 0 Å². The van der Waals surface area contributed by atoms with Gasteiger partial charge in [-0.2, -0.15) is 0 Å². The molecule has 0 saturated carbocycles. The summed E-state index contributed by atoms with van der Waals surface area (Å²) in [6.07, 6.45) is 1.58. The summed E-state index contributed by atoms with van der Waals surface area (Å²) in [6.45, 7) is 5.49. The number of anilines is 1. The van der Waals surface area contributed by atoms with E-state index in [9.17, 15) is 9.59 Å². The normalized spacial score (nSPS) is 12.2. The first-order valence-electron chi connectivity index (χ1n) is 8.92. The van der Waals surface area contributed by atoms with Gasteiger partial charge in [0.25, 0.3) is 0 Å². The number of rotatable bonds is 7. The Labute approximate surface area is 167 Å². The number of thioether (sulfide) groups is 1. The van der Waals surface area contributed by atoms with E-state index in [4.69, 9.17) is 4.42 Å². The molecule has 8 heteroatoms. The summed E-state index contributed by atoms with van der Waals surface area (Å²) in [4.78, 5) is 24.5. The van der Waals surface area contributed by atoms with Crippen LogP contribution in [0.25, 0.3) is 11.6 Å². The molecule has 0 aliphatic carbocycles. The Hall–Kier alpha value is -2.87. The van der Waals surface area contributed by atoms with Crippen LogP contribution < -0.4 is 5.32 Å². The molecule has 0 fully saturated rings. The van der Waals surface area contributed by atoms with E-state index < -0.39 is 0 Å². The Bertz CT molecular complexity index is 962. The first-order chi connectivity index (χ1) is 13.4. The number of hydrogen-bond donors (Lipinski definition) is 1. The van der Waals surface area contributed by atoms with E-state index in [1.54, 1.807) is 41.2 Å². The van der Waals surface area contributed by atoms with E-state index in [-0.39, 0.29) is 22.9 Å². The highest BCUT2D eigenvalue weighted by Gasteiger charge is 2.21. The zero-order chi connectivity index (χ0) is 20.3. The van der Waals surface area contributed by atoms with E-state index in [0.717, 1.165) is 0 Å². The smallest absolute Gasteiger partial charge is 0.226 e. The summed E-state index contributed by atoms with van der Waals surface area (Å²) >= 11 is 1.34. The summed E-state index contributed by atoms with van der Waals surface area (Å²) in [5.74, 6) is 1.05. The molecule has 1 aromatic carbocycles. The van der Waals surface area contributed by atoms with Gasteiger partial charge >= 0.3 is 0 Å². The molecule has 0 aliphatic heterocycles. The third-order valence-electron chi connectivity index (χ3n) is 4.19. The van der Waals surface area contributed by atoms with Crippen molar-refractivity contribution in [1.29, 1.82) is 0 Å². The number of Topliss-reactive ketones (excluding diaryl/α,β-unsaturated/α-hetero) is 1. The van der Waals surface area contributed by atoms with Crippen LogP contribution in [0.1, 0.15) is 31.1 Å². The summed E-state index contributed by atoms with van der Waals surface area (Å²) in [7, 11) is 1.84. The molecule has 28 heavy (non-hydrogen) atoms. The zero-order valence-corrected chi connectivity index (χ0v) is 17.0. The van der Waals surface area contributed by atoms with Gasteiger partial charge in [-0.05, 0) is 43.3 Å². The summed E-state index contributed by atoms with van der Waals surface area (Å²) < 4.78 is 7.16. The number of nitrogens with zero attached hydrogens (tertiary/aromatic N) is 3. The van der Waals surface area contributed by atoms with E-state index in [1.165, 1.54) is 11.8 Å². The van der Waals surface area contributed by atoms with Crippen molar-refractivity contribution in [3.8, 4) is 11.6 Å². The van der Waals surface area contributed by atoms with Gasteiger partial charge in [-0.15, -0.1) is 10.2 Å². The third kappa shape index (κ3) is 4.33. The number of carbonyl (C=O) groups is 2. The molecule has 1 atom stereocenters. The van der Waals surface area contributed by atoms with Gasteiger partial charge in [0.1, 0.15) is 0 Å². The molecule has 1 unspecified atom stereocenters. The predicted molar refractivity (Wildman–Crippen MR) is 108 cm³/mol. The van der Waals surface area contributed by atoms with Gasteiger partial charge in [-0.3, -0.25) is 9.59 Å². The van der Waals surface area contributed by atoms with Gasteiger partial charge in [-0.25, -0.2) is 0 Å².